The Balaban J connectivity index is 2.64. The van der Waals surface area contributed by atoms with Gasteiger partial charge in [0.15, 0.2) is 0 Å². The lowest BCUT2D eigenvalue weighted by Crippen LogP contribution is -2.17. The van der Waals surface area contributed by atoms with E-state index in [0.29, 0.717) is 12.8 Å². The van der Waals surface area contributed by atoms with Crippen molar-refractivity contribution in [1.29, 1.82) is 0 Å². The molecule has 0 spiro atoms. The highest BCUT2D eigenvalue weighted by molar-refractivity contribution is 5.71. The fourth-order valence-electron chi connectivity index (χ4n) is 2.91. The lowest BCUT2D eigenvalue weighted by atomic mass is 9.90. The van der Waals surface area contributed by atoms with Crippen molar-refractivity contribution >= 4 is 11.9 Å². The quantitative estimate of drug-likeness (QED) is 0.709. The van der Waals surface area contributed by atoms with Gasteiger partial charge in [-0.2, -0.15) is 0 Å². The van der Waals surface area contributed by atoms with Crippen LogP contribution in [0.25, 0.3) is 0 Å². The van der Waals surface area contributed by atoms with Crippen molar-refractivity contribution in [3.05, 3.63) is 0 Å². The van der Waals surface area contributed by atoms with Crippen LogP contribution in [-0.4, -0.2) is 26.2 Å². The first kappa shape index (κ1) is 14.0. The Morgan fingerprint density at radius 2 is 1.35 bits per heavy atom. The summed E-state index contributed by atoms with van der Waals surface area (Å²) < 4.78 is 9.41. The predicted octanol–water partition coefficient (Wildman–Crippen LogP) is 2.17. The maximum atomic E-state index is 11.3. The summed E-state index contributed by atoms with van der Waals surface area (Å²) in [5.41, 5.74) is 0.192. The van der Waals surface area contributed by atoms with Gasteiger partial charge in [-0.15, -0.1) is 0 Å². The van der Waals surface area contributed by atoms with Crippen LogP contribution in [0.1, 0.15) is 39.5 Å². The van der Waals surface area contributed by atoms with Gasteiger partial charge in [-0.3, -0.25) is 9.59 Å². The van der Waals surface area contributed by atoms with Gasteiger partial charge < -0.3 is 9.47 Å². The molecule has 1 fully saturated rings. The average Bonchev–Trinajstić information content (AvgIpc) is 2.52. The Morgan fingerprint density at radius 3 is 1.65 bits per heavy atom. The topological polar surface area (TPSA) is 52.6 Å². The predicted molar refractivity (Wildman–Crippen MR) is 63.3 cm³/mol. The molecule has 0 bridgehead atoms. The molecule has 0 amide bonds. The highest BCUT2D eigenvalue weighted by Gasteiger charge is 2.41. The van der Waals surface area contributed by atoms with E-state index in [1.54, 1.807) is 0 Å². The standard InChI is InChI=1S/C13H22O4/c1-13(2)7-9(5-11(14)16-3)10(8-13)6-12(15)17-4/h9-10H,5-8H2,1-4H3/t9-,10?/m1/s1. The summed E-state index contributed by atoms with van der Waals surface area (Å²) in [5.74, 6) is 0.0817. The van der Waals surface area contributed by atoms with Crippen LogP contribution >= 0.6 is 0 Å². The van der Waals surface area contributed by atoms with Crippen LogP contribution in [0.4, 0.5) is 0 Å². The molecule has 0 aromatic carbocycles. The molecule has 4 nitrogen and oxygen atoms in total. The van der Waals surface area contributed by atoms with Gasteiger partial charge in [-0.05, 0) is 30.1 Å². The van der Waals surface area contributed by atoms with E-state index in [1.165, 1.54) is 14.2 Å². The van der Waals surface area contributed by atoms with Crippen molar-refractivity contribution in [1.82, 2.24) is 0 Å². The monoisotopic (exact) mass is 242 g/mol. The SMILES string of the molecule is COC(=O)CC1CC(C)(C)C[C@H]1CC(=O)OC. The zero-order valence-electron chi connectivity index (χ0n) is 11.1. The number of hydrogen-bond donors (Lipinski definition) is 0. The molecule has 1 aliphatic carbocycles. The molecule has 0 heterocycles. The zero-order valence-corrected chi connectivity index (χ0v) is 11.1. The van der Waals surface area contributed by atoms with E-state index < -0.39 is 0 Å². The second kappa shape index (κ2) is 5.52. The third-order valence-corrected chi connectivity index (χ3v) is 3.61. The molecule has 1 unspecified atom stereocenters. The second-order valence-corrected chi connectivity index (χ2v) is 5.65. The summed E-state index contributed by atoms with van der Waals surface area (Å²) in [7, 11) is 2.80. The van der Waals surface area contributed by atoms with Gasteiger partial charge in [0.25, 0.3) is 0 Å². The minimum Gasteiger partial charge on any atom is -0.469 e. The van der Waals surface area contributed by atoms with Crippen molar-refractivity contribution in [2.24, 2.45) is 17.3 Å². The Labute approximate surface area is 103 Å². The van der Waals surface area contributed by atoms with Crippen LogP contribution in [0.5, 0.6) is 0 Å². The minimum absolute atomic E-state index is 0.192. The molecule has 0 aromatic rings. The van der Waals surface area contributed by atoms with Crippen LogP contribution in [0.2, 0.25) is 0 Å². The average molecular weight is 242 g/mol. The molecule has 0 aromatic heterocycles. The van der Waals surface area contributed by atoms with E-state index in [2.05, 4.69) is 13.8 Å². The summed E-state index contributed by atoms with van der Waals surface area (Å²) >= 11 is 0. The fraction of sp³-hybridized carbons (Fsp3) is 0.846. The Hall–Kier alpha value is -1.06. The third kappa shape index (κ3) is 4.02. The number of carbonyl (C=O) groups excluding carboxylic acids is 2. The number of carbonyl (C=O) groups is 2. The molecule has 0 N–H and O–H groups in total. The largest absolute Gasteiger partial charge is 0.469 e. The summed E-state index contributed by atoms with van der Waals surface area (Å²) in [5, 5.41) is 0. The van der Waals surface area contributed by atoms with Crippen LogP contribution in [0.15, 0.2) is 0 Å². The first-order valence-corrected chi connectivity index (χ1v) is 6.01. The number of rotatable bonds is 4. The van der Waals surface area contributed by atoms with Crippen molar-refractivity contribution in [2.45, 2.75) is 39.5 Å². The Kier molecular flexibility index (Phi) is 4.54. The lowest BCUT2D eigenvalue weighted by molar-refractivity contribution is -0.145. The number of methoxy groups -OCH3 is 2. The molecular weight excluding hydrogens is 220 g/mol. The van der Waals surface area contributed by atoms with Crippen LogP contribution < -0.4 is 0 Å². The molecule has 2 atom stereocenters. The van der Waals surface area contributed by atoms with Gasteiger partial charge in [-0.25, -0.2) is 0 Å². The Bertz CT molecular complexity index is 268. The van der Waals surface area contributed by atoms with Crippen LogP contribution in [0, 0.1) is 17.3 Å². The number of hydrogen-bond acceptors (Lipinski definition) is 4. The van der Waals surface area contributed by atoms with Crippen molar-refractivity contribution in [3.8, 4) is 0 Å². The van der Waals surface area contributed by atoms with Crippen molar-refractivity contribution in [2.75, 3.05) is 14.2 Å². The van der Waals surface area contributed by atoms with Gasteiger partial charge in [0.1, 0.15) is 0 Å². The van der Waals surface area contributed by atoms with Gasteiger partial charge in [0, 0.05) is 12.8 Å². The van der Waals surface area contributed by atoms with Gasteiger partial charge >= 0.3 is 11.9 Å². The van der Waals surface area contributed by atoms with Crippen LogP contribution in [0.3, 0.4) is 0 Å². The molecule has 98 valence electrons. The molecule has 0 saturated heterocycles. The molecule has 1 aliphatic rings. The maximum Gasteiger partial charge on any atom is 0.305 e. The fourth-order valence-corrected chi connectivity index (χ4v) is 2.91. The van der Waals surface area contributed by atoms with Crippen molar-refractivity contribution in [3.63, 3.8) is 0 Å². The van der Waals surface area contributed by atoms with Crippen LogP contribution in [-0.2, 0) is 19.1 Å². The number of esters is 2. The summed E-state index contributed by atoms with van der Waals surface area (Å²) in [6.45, 7) is 4.35. The molecule has 0 aliphatic heterocycles. The first-order chi connectivity index (χ1) is 7.88. The molecule has 0 radical (unpaired) electrons. The minimum atomic E-state index is -0.192. The van der Waals surface area contributed by atoms with E-state index >= 15 is 0 Å². The summed E-state index contributed by atoms with van der Waals surface area (Å²) in [4.78, 5) is 22.7. The molecule has 4 heteroatoms. The molecule has 17 heavy (non-hydrogen) atoms. The summed E-state index contributed by atoms with van der Waals surface area (Å²) in [6, 6.07) is 0. The van der Waals surface area contributed by atoms with E-state index in [-0.39, 0.29) is 29.2 Å². The van der Waals surface area contributed by atoms with E-state index in [0.717, 1.165) is 12.8 Å². The van der Waals surface area contributed by atoms with Gasteiger partial charge in [-0.1, -0.05) is 13.8 Å². The highest BCUT2D eigenvalue weighted by Crippen LogP contribution is 2.47. The van der Waals surface area contributed by atoms with Gasteiger partial charge in [0.2, 0.25) is 0 Å². The van der Waals surface area contributed by atoms with E-state index in [9.17, 15) is 9.59 Å². The molecule has 1 rings (SSSR count). The third-order valence-electron chi connectivity index (χ3n) is 3.61. The van der Waals surface area contributed by atoms with Gasteiger partial charge in [0.05, 0.1) is 14.2 Å². The van der Waals surface area contributed by atoms with Crippen molar-refractivity contribution < 1.29 is 19.1 Å². The second-order valence-electron chi connectivity index (χ2n) is 5.65. The molecule has 1 saturated carbocycles. The normalized spacial score (nSPS) is 26.6. The lowest BCUT2D eigenvalue weighted by Gasteiger charge is -2.16. The molecular formula is C13H22O4. The summed E-state index contributed by atoms with van der Waals surface area (Å²) in [6.07, 6.45) is 2.73. The number of ether oxygens (including phenoxy) is 2. The first-order valence-electron chi connectivity index (χ1n) is 6.01. The smallest absolute Gasteiger partial charge is 0.305 e. The Morgan fingerprint density at radius 1 is 1.00 bits per heavy atom. The highest BCUT2D eigenvalue weighted by atomic mass is 16.5. The zero-order chi connectivity index (χ0) is 13.1. The van der Waals surface area contributed by atoms with E-state index in [4.69, 9.17) is 9.47 Å². The van der Waals surface area contributed by atoms with E-state index in [1.807, 2.05) is 0 Å². The maximum absolute atomic E-state index is 11.3.